The first-order valence-electron chi connectivity index (χ1n) is 7.89. The average Bonchev–Trinajstić information content (AvgIpc) is 3.17. The number of rotatable bonds is 7. The van der Waals surface area contributed by atoms with Gasteiger partial charge >= 0.3 is 0 Å². The maximum absolute atomic E-state index is 11.7. The highest BCUT2D eigenvalue weighted by Crippen LogP contribution is 2.21. The van der Waals surface area contributed by atoms with Gasteiger partial charge in [0.15, 0.2) is 0 Å². The van der Waals surface area contributed by atoms with Gasteiger partial charge in [-0.1, -0.05) is 0 Å². The predicted octanol–water partition coefficient (Wildman–Crippen LogP) is 0.186. The van der Waals surface area contributed by atoms with Gasteiger partial charge in [-0.15, -0.1) is 0 Å². The molecule has 1 atom stereocenters. The first kappa shape index (κ1) is 17.8. The van der Waals surface area contributed by atoms with Crippen molar-refractivity contribution in [2.24, 2.45) is 11.5 Å². The summed E-state index contributed by atoms with van der Waals surface area (Å²) >= 11 is 0. The van der Waals surface area contributed by atoms with E-state index in [1.807, 2.05) is 12.1 Å². The van der Waals surface area contributed by atoms with Crippen molar-refractivity contribution in [3.63, 3.8) is 0 Å². The third-order valence-electron chi connectivity index (χ3n) is 3.64. The van der Waals surface area contributed by atoms with E-state index in [2.05, 4.69) is 30.7 Å². The molecule has 11 heteroatoms. The SMILES string of the molecule is C[C@@H](Nc1ncc(C(N)=O)c(Nc2ccc(-n3cncn3)cc2)n1)C(N)=O. The summed E-state index contributed by atoms with van der Waals surface area (Å²) in [6.45, 7) is 1.57. The van der Waals surface area contributed by atoms with Crippen LogP contribution in [0.25, 0.3) is 5.69 Å². The Hall–Kier alpha value is -4.02. The van der Waals surface area contributed by atoms with Crippen LogP contribution in [0.3, 0.4) is 0 Å². The Morgan fingerprint density at radius 2 is 1.93 bits per heavy atom. The van der Waals surface area contributed by atoms with Crippen molar-refractivity contribution in [3.05, 3.63) is 48.7 Å². The van der Waals surface area contributed by atoms with Crippen LogP contribution in [0.2, 0.25) is 0 Å². The summed E-state index contributed by atoms with van der Waals surface area (Å²) in [6, 6.07) is 6.51. The third-order valence-corrected chi connectivity index (χ3v) is 3.64. The van der Waals surface area contributed by atoms with Crippen LogP contribution in [-0.2, 0) is 4.79 Å². The standard InChI is InChI=1S/C16H17N9O2/c1-9(13(17)26)22-16-20-6-12(14(18)27)15(24-16)23-10-2-4-11(5-3-10)25-8-19-7-21-25/h2-9H,1H3,(H2,17,26)(H2,18,27)(H2,20,22,23,24)/t9-/m1/s1. The van der Waals surface area contributed by atoms with Gasteiger partial charge in [-0.25, -0.2) is 14.6 Å². The Labute approximate surface area is 153 Å². The topological polar surface area (TPSA) is 167 Å². The van der Waals surface area contributed by atoms with Crippen molar-refractivity contribution in [2.45, 2.75) is 13.0 Å². The summed E-state index contributed by atoms with van der Waals surface area (Å²) in [6.07, 6.45) is 4.29. The van der Waals surface area contributed by atoms with E-state index in [0.29, 0.717) is 5.69 Å². The molecule has 11 nitrogen and oxygen atoms in total. The summed E-state index contributed by atoms with van der Waals surface area (Å²) < 4.78 is 1.61. The lowest BCUT2D eigenvalue weighted by molar-refractivity contribution is -0.118. The molecule has 0 aliphatic heterocycles. The van der Waals surface area contributed by atoms with Gasteiger partial charge in [0.1, 0.15) is 30.1 Å². The lowest BCUT2D eigenvalue weighted by Gasteiger charge is -2.13. The Bertz CT molecular complexity index is 955. The molecule has 0 radical (unpaired) electrons. The number of benzene rings is 1. The molecule has 0 bridgehead atoms. The number of nitrogens with zero attached hydrogens (tertiary/aromatic N) is 5. The molecule has 2 heterocycles. The number of hydrogen-bond acceptors (Lipinski definition) is 8. The largest absolute Gasteiger partial charge is 0.368 e. The van der Waals surface area contributed by atoms with E-state index >= 15 is 0 Å². The molecule has 3 rings (SSSR count). The summed E-state index contributed by atoms with van der Waals surface area (Å²) in [5.74, 6) is -0.916. The number of primary amides is 2. The Morgan fingerprint density at radius 3 is 2.52 bits per heavy atom. The van der Waals surface area contributed by atoms with Gasteiger partial charge in [-0.3, -0.25) is 9.59 Å². The number of nitrogens with one attached hydrogen (secondary N) is 2. The highest BCUT2D eigenvalue weighted by atomic mass is 16.1. The Balaban J connectivity index is 1.85. The van der Waals surface area contributed by atoms with Crippen LogP contribution in [-0.4, -0.2) is 42.6 Å². The number of amides is 2. The molecule has 2 amide bonds. The van der Waals surface area contributed by atoms with Crippen molar-refractivity contribution in [3.8, 4) is 5.69 Å². The molecule has 0 saturated heterocycles. The van der Waals surface area contributed by atoms with Crippen LogP contribution in [0, 0.1) is 0 Å². The molecule has 0 aliphatic rings. The normalized spacial score (nSPS) is 11.6. The van der Waals surface area contributed by atoms with Gasteiger partial charge in [0.2, 0.25) is 11.9 Å². The fraction of sp³-hybridized carbons (Fsp3) is 0.125. The zero-order valence-electron chi connectivity index (χ0n) is 14.3. The zero-order chi connectivity index (χ0) is 19.4. The minimum Gasteiger partial charge on any atom is -0.368 e. The van der Waals surface area contributed by atoms with Gasteiger partial charge in [0.05, 0.1) is 5.69 Å². The fourth-order valence-corrected chi connectivity index (χ4v) is 2.17. The second-order valence-electron chi connectivity index (χ2n) is 5.60. The van der Waals surface area contributed by atoms with Crippen molar-refractivity contribution < 1.29 is 9.59 Å². The lowest BCUT2D eigenvalue weighted by atomic mass is 10.2. The number of hydrogen-bond donors (Lipinski definition) is 4. The Kier molecular flexibility index (Phi) is 4.92. The summed E-state index contributed by atoms with van der Waals surface area (Å²) in [7, 11) is 0. The second-order valence-corrected chi connectivity index (χ2v) is 5.60. The van der Waals surface area contributed by atoms with Gasteiger partial charge in [0.25, 0.3) is 5.91 Å². The minimum absolute atomic E-state index is 0.104. The van der Waals surface area contributed by atoms with Crippen molar-refractivity contribution in [2.75, 3.05) is 10.6 Å². The van der Waals surface area contributed by atoms with E-state index in [0.717, 1.165) is 5.69 Å². The van der Waals surface area contributed by atoms with Crippen LogP contribution in [0.15, 0.2) is 43.1 Å². The molecule has 3 aromatic rings. The van der Waals surface area contributed by atoms with Crippen LogP contribution >= 0.6 is 0 Å². The molecule has 27 heavy (non-hydrogen) atoms. The van der Waals surface area contributed by atoms with E-state index in [1.165, 1.54) is 12.5 Å². The molecular weight excluding hydrogens is 350 g/mol. The monoisotopic (exact) mass is 367 g/mol. The zero-order valence-corrected chi connectivity index (χ0v) is 14.3. The first-order chi connectivity index (χ1) is 12.9. The maximum Gasteiger partial charge on any atom is 0.254 e. The fourth-order valence-electron chi connectivity index (χ4n) is 2.17. The highest BCUT2D eigenvalue weighted by molar-refractivity contribution is 5.98. The van der Waals surface area contributed by atoms with E-state index in [-0.39, 0.29) is 17.3 Å². The summed E-state index contributed by atoms with van der Waals surface area (Å²) in [4.78, 5) is 34.9. The number of anilines is 3. The molecule has 0 fully saturated rings. The number of carbonyl (C=O) groups is 2. The van der Waals surface area contributed by atoms with Gasteiger partial charge in [0, 0.05) is 11.9 Å². The molecule has 0 unspecified atom stereocenters. The van der Waals surface area contributed by atoms with E-state index < -0.39 is 17.9 Å². The van der Waals surface area contributed by atoms with Crippen molar-refractivity contribution in [1.82, 2.24) is 24.7 Å². The van der Waals surface area contributed by atoms with Gasteiger partial charge in [-0.2, -0.15) is 10.1 Å². The quantitative estimate of drug-likeness (QED) is 0.459. The highest BCUT2D eigenvalue weighted by Gasteiger charge is 2.15. The van der Waals surface area contributed by atoms with Crippen molar-refractivity contribution in [1.29, 1.82) is 0 Å². The average molecular weight is 367 g/mol. The molecule has 0 aliphatic carbocycles. The number of aromatic nitrogens is 5. The number of carbonyl (C=O) groups excluding carboxylic acids is 2. The smallest absolute Gasteiger partial charge is 0.254 e. The lowest BCUT2D eigenvalue weighted by Crippen LogP contribution is -2.33. The maximum atomic E-state index is 11.7. The summed E-state index contributed by atoms with van der Waals surface area (Å²) in [5, 5.41) is 9.82. The number of nitrogens with two attached hydrogens (primary N) is 2. The molecule has 2 aromatic heterocycles. The second kappa shape index (κ2) is 7.47. The molecule has 6 N–H and O–H groups in total. The molecular formula is C16H17N9O2. The molecule has 0 spiro atoms. The van der Waals surface area contributed by atoms with Crippen LogP contribution in [0.4, 0.5) is 17.5 Å². The Morgan fingerprint density at radius 1 is 1.19 bits per heavy atom. The predicted molar refractivity (Wildman–Crippen MR) is 97.5 cm³/mol. The van der Waals surface area contributed by atoms with Gasteiger partial charge < -0.3 is 22.1 Å². The molecule has 138 valence electrons. The van der Waals surface area contributed by atoms with E-state index in [9.17, 15) is 9.59 Å². The van der Waals surface area contributed by atoms with Crippen LogP contribution in [0.5, 0.6) is 0 Å². The summed E-state index contributed by atoms with van der Waals surface area (Å²) in [5.41, 5.74) is 12.2. The van der Waals surface area contributed by atoms with Gasteiger partial charge in [-0.05, 0) is 31.2 Å². The van der Waals surface area contributed by atoms with Crippen LogP contribution < -0.4 is 22.1 Å². The van der Waals surface area contributed by atoms with E-state index in [4.69, 9.17) is 11.5 Å². The van der Waals surface area contributed by atoms with Crippen LogP contribution in [0.1, 0.15) is 17.3 Å². The van der Waals surface area contributed by atoms with Crippen molar-refractivity contribution >= 4 is 29.3 Å². The molecule has 0 saturated carbocycles. The minimum atomic E-state index is -0.689. The van der Waals surface area contributed by atoms with E-state index in [1.54, 1.807) is 30.1 Å². The first-order valence-corrected chi connectivity index (χ1v) is 7.89. The molecule has 1 aromatic carbocycles. The third kappa shape index (κ3) is 4.15.